The summed E-state index contributed by atoms with van der Waals surface area (Å²) in [6, 6.07) is 72.3. The molecule has 2 nitrogen and oxygen atoms in total. The predicted octanol–water partition coefficient (Wildman–Crippen LogP) is 15.6. The molecule has 55 heavy (non-hydrogen) atoms. The Hall–Kier alpha value is -6.94. The van der Waals surface area contributed by atoms with Gasteiger partial charge in [0.15, 0.2) is 0 Å². The first-order valence-electron chi connectivity index (χ1n) is 18.7. The van der Waals surface area contributed by atoms with Gasteiger partial charge in [-0.25, -0.2) is 0 Å². The van der Waals surface area contributed by atoms with E-state index in [1.165, 1.54) is 53.2 Å². The number of benzene rings is 9. The summed E-state index contributed by atoms with van der Waals surface area (Å²) in [5.74, 6) is 0. The third-order valence-corrected chi connectivity index (χ3v) is 12.0. The minimum absolute atomic E-state index is 0.885. The molecule has 0 atom stereocenters. The molecule has 0 saturated carbocycles. The second-order valence-electron chi connectivity index (χ2n) is 14.0. The van der Waals surface area contributed by atoms with Gasteiger partial charge in [-0.2, -0.15) is 0 Å². The molecule has 0 bridgehead atoms. The van der Waals surface area contributed by atoms with E-state index in [4.69, 9.17) is 4.42 Å². The molecule has 0 unspecified atom stereocenters. The predicted molar refractivity (Wildman–Crippen MR) is 235 cm³/mol. The van der Waals surface area contributed by atoms with Crippen molar-refractivity contribution in [3.8, 4) is 33.4 Å². The van der Waals surface area contributed by atoms with Gasteiger partial charge in [0, 0.05) is 47.8 Å². The van der Waals surface area contributed by atoms with Crippen molar-refractivity contribution < 1.29 is 4.42 Å². The Labute approximate surface area is 322 Å². The van der Waals surface area contributed by atoms with Crippen LogP contribution in [0.4, 0.5) is 17.1 Å². The Kier molecular flexibility index (Phi) is 7.39. The third kappa shape index (κ3) is 5.24. The number of anilines is 3. The van der Waals surface area contributed by atoms with E-state index >= 15 is 0 Å². The number of hydrogen-bond acceptors (Lipinski definition) is 3. The monoisotopic (exact) mass is 719 g/mol. The number of rotatable bonds is 6. The summed E-state index contributed by atoms with van der Waals surface area (Å²) in [5, 5.41) is 7.33. The zero-order chi connectivity index (χ0) is 36.3. The van der Waals surface area contributed by atoms with Gasteiger partial charge >= 0.3 is 0 Å². The van der Waals surface area contributed by atoms with Gasteiger partial charge in [-0.05, 0) is 81.6 Å². The van der Waals surface area contributed by atoms with E-state index in [-0.39, 0.29) is 0 Å². The van der Waals surface area contributed by atoms with Crippen LogP contribution in [0, 0.1) is 0 Å². The molecule has 0 aliphatic carbocycles. The van der Waals surface area contributed by atoms with E-state index in [2.05, 4.69) is 199 Å². The summed E-state index contributed by atoms with van der Waals surface area (Å²) in [6.07, 6.45) is 0. The van der Waals surface area contributed by atoms with Crippen molar-refractivity contribution in [3.63, 3.8) is 0 Å². The highest BCUT2D eigenvalue weighted by Gasteiger charge is 2.23. The van der Waals surface area contributed by atoms with Crippen LogP contribution >= 0.6 is 11.3 Å². The molecule has 0 N–H and O–H groups in total. The lowest BCUT2D eigenvalue weighted by atomic mass is 9.94. The quantitative estimate of drug-likeness (QED) is 0.170. The summed E-state index contributed by atoms with van der Waals surface area (Å²) in [5.41, 5.74) is 12.1. The normalized spacial score (nSPS) is 11.6. The Morgan fingerprint density at radius 1 is 0.364 bits per heavy atom. The van der Waals surface area contributed by atoms with Crippen molar-refractivity contribution in [1.29, 1.82) is 0 Å². The summed E-state index contributed by atoms with van der Waals surface area (Å²) < 4.78 is 9.02. The van der Waals surface area contributed by atoms with Crippen LogP contribution in [0.25, 0.3) is 86.3 Å². The molecule has 0 spiro atoms. The fourth-order valence-electron chi connectivity index (χ4n) is 8.37. The van der Waals surface area contributed by atoms with Crippen molar-refractivity contribution >= 4 is 81.3 Å². The van der Waals surface area contributed by atoms with Crippen molar-refractivity contribution in [2.75, 3.05) is 4.90 Å². The minimum atomic E-state index is 0.885. The molecule has 0 amide bonds. The van der Waals surface area contributed by atoms with E-state index in [0.29, 0.717) is 0 Å². The second kappa shape index (κ2) is 12.9. The van der Waals surface area contributed by atoms with Gasteiger partial charge in [0.1, 0.15) is 11.2 Å². The zero-order valence-electron chi connectivity index (χ0n) is 29.8. The molecular weight excluding hydrogens is 687 g/mol. The van der Waals surface area contributed by atoms with E-state index in [1.54, 1.807) is 0 Å². The summed E-state index contributed by atoms with van der Waals surface area (Å²) in [7, 11) is 0. The molecule has 0 fully saturated rings. The molecule has 2 aromatic heterocycles. The molecule has 11 rings (SSSR count). The highest BCUT2D eigenvalue weighted by molar-refractivity contribution is 7.25. The molecule has 11 aromatic rings. The Morgan fingerprint density at radius 2 is 0.927 bits per heavy atom. The van der Waals surface area contributed by atoms with Crippen LogP contribution < -0.4 is 4.90 Å². The van der Waals surface area contributed by atoms with Crippen LogP contribution in [0.5, 0.6) is 0 Å². The number of nitrogens with zero attached hydrogens (tertiary/aromatic N) is 1. The average Bonchev–Trinajstić information content (AvgIpc) is 3.82. The van der Waals surface area contributed by atoms with Crippen LogP contribution in [0.15, 0.2) is 205 Å². The topological polar surface area (TPSA) is 16.4 Å². The van der Waals surface area contributed by atoms with Crippen molar-refractivity contribution in [2.45, 2.75) is 0 Å². The van der Waals surface area contributed by atoms with Crippen molar-refractivity contribution in [1.82, 2.24) is 0 Å². The molecule has 258 valence electrons. The molecule has 0 aliphatic rings. The van der Waals surface area contributed by atoms with Gasteiger partial charge in [0.05, 0.1) is 11.4 Å². The van der Waals surface area contributed by atoms with Gasteiger partial charge in [-0.1, -0.05) is 152 Å². The van der Waals surface area contributed by atoms with Gasteiger partial charge in [0.25, 0.3) is 0 Å². The lowest BCUT2D eigenvalue weighted by molar-refractivity contribution is 0.669. The van der Waals surface area contributed by atoms with Gasteiger partial charge in [-0.3, -0.25) is 0 Å². The van der Waals surface area contributed by atoms with Crippen LogP contribution in [-0.2, 0) is 0 Å². The van der Waals surface area contributed by atoms with Crippen molar-refractivity contribution in [2.24, 2.45) is 0 Å². The standard InChI is InChI=1S/C52H33NOS/c1-2-15-38-35(13-1)14-11-20-39(38)40-16-3-7-22-46(40)53(37-30-27-34(28-31-37)36-29-32-43-42-18-6-10-26-50(42)55-51(43)33-36)47-23-8-4-17-41(47)44-21-12-25-49-52(44)45-19-5-9-24-48(45)54-49/h1-33H. The van der Waals surface area contributed by atoms with Crippen LogP contribution in [0.3, 0.4) is 0 Å². The Bertz CT molecular complexity index is 3220. The lowest BCUT2D eigenvalue weighted by Crippen LogP contribution is -2.12. The van der Waals surface area contributed by atoms with Crippen molar-refractivity contribution in [3.05, 3.63) is 200 Å². The molecular formula is C52H33NOS. The number of fused-ring (bicyclic) bond motifs is 7. The van der Waals surface area contributed by atoms with E-state index in [9.17, 15) is 0 Å². The van der Waals surface area contributed by atoms with Crippen LogP contribution in [-0.4, -0.2) is 0 Å². The SMILES string of the molecule is c1ccc(N(c2ccc(-c3ccc4c(c3)sc3ccccc34)cc2)c2ccccc2-c2cccc3oc4ccccc4c23)c(-c2cccc3ccccc23)c1. The fourth-order valence-corrected chi connectivity index (χ4v) is 9.51. The molecule has 0 saturated heterocycles. The second-order valence-corrected chi connectivity index (χ2v) is 15.1. The van der Waals surface area contributed by atoms with Gasteiger partial charge < -0.3 is 9.32 Å². The smallest absolute Gasteiger partial charge is 0.136 e. The molecule has 2 heterocycles. The van der Waals surface area contributed by atoms with E-state index in [0.717, 1.165) is 50.1 Å². The molecule has 0 radical (unpaired) electrons. The number of thiophene rings is 1. The number of para-hydroxylation sites is 3. The van der Waals surface area contributed by atoms with Crippen LogP contribution in [0.2, 0.25) is 0 Å². The fraction of sp³-hybridized carbons (Fsp3) is 0. The van der Waals surface area contributed by atoms with E-state index in [1.807, 2.05) is 17.4 Å². The maximum Gasteiger partial charge on any atom is 0.136 e. The maximum absolute atomic E-state index is 6.39. The highest BCUT2D eigenvalue weighted by atomic mass is 32.1. The molecule has 0 aliphatic heterocycles. The number of furan rings is 1. The highest BCUT2D eigenvalue weighted by Crippen LogP contribution is 2.48. The first kappa shape index (κ1) is 31.6. The molecule has 3 heteroatoms. The Balaban J connectivity index is 1.12. The zero-order valence-corrected chi connectivity index (χ0v) is 30.6. The summed E-state index contributed by atoms with van der Waals surface area (Å²) in [4.78, 5) is 2.44. The Morgan fingerprint density at radius 3 is 1.76 bits per heavy atom. The molecule has 9 aromatic carbocycles. The number of hydrogen-bond donors (Lipinski definition) is 0. The van der Waals surface area contributed by atoms with Crippen LogP contribution in [0.1, 0.15) is 0 Å². The van der Waals surface area contributed by atoms with E-state index < -0.39 is 0 Å². The largest absolute Gasteiger partial charge is 0.456 e. The first-order valence-corrected chi connectivity index (χ1v) is 19.5. The maximum atomic E-state index is 6.39. The average molecular weight is 720 g/mol. The minimum Gasteiger partial charge on any atom is -0.456 e. The summed E-state index contributed by atoms with van der Waals surface area (Å²) in [6.45, 7) is 0. The lowest BCUT2D eigenvalue weighted by Gasteiger charge is -2.30. The van der Waals surface area contributed by atoms with Gasteiger partial charge in [-0.15, -0.1) is 11.3 Å². The first-order chi connectivity index (χ1) is 27.3. The summed E-state index contributed by atoms with van der Waals surface area (Å²) >= 11 is 1.86. The van der Waals surface area contributed by atoms with Gasteiger partial charge in [0.2, 0.25) is 0 Å². The third-order valence-electron chi connectivity index (χ3n) is 10.9.